The molecule has 2 aromatic rings. The third kappa shape index (κ3) is 4.40. The van der Waals surface area contributed by atoms with Gasteiger partial charge in [-0.15, -0.1) is 0 Å². The number of nitrogens with zero attached hydrogens (tertiary/aromatic N) is 3. The highest BCUT2D eigenvalue weighted by Crippen LogP contribution is 2.33. The Kier molecular flexibility index (Phi) is 5.47. The van der Waals surface area contributed by atoms with Gasteiger partial charge < -0.3 is 19.3 Å². The zero-order chi connectivity index (χ0) is 23.1. The summed E-state index contributed by atoms with van der Waals surface area (Å²) >= 11 is 0. The van der Waals surface area contributed by atoms with Crippen LogP contribution in [-0.4, -0.2) is 53.3 Å². The van der Waals surface area contributed by atoms with E-state index in [1.54, 1.807) is 12.1 Å². The molecular formula is C24H24FN3O5. The van der Waals surface area contributed by atoms with Crippen LogP contribution in [0.3, 0.4) is 0 Å². The summed E-state index contributed by atoms with van der Waals surface area (Å²) in [6, 6.07) is 6.21. The predicted molar refractivity (Wildman–Crippen MR) is 116 cm³/mol. The first-order valence-electron chi connectivity index (χ1n) is 11.1. The lowest BCUT2D eigenvalue weighted by Gasteiger charge is -2.18. The summed E-state index contributed by atoms with van der Waals surface area (Å²) in [5.74, 6) is 0.134. The van der Waals surface area contributed by atoms with Crippen molar-refractivity contribution in [1.29, 1.82) is 0 Å². The number of carbonyl (C=O) groups is 3. The molecule has 1 saturated carbocycles. The largest absolute Gasteiger partial charge is 0.479 e. The van der Waals surface area contributed by atoms with Crippen molar-refractivity contribution < 1.29 is 28.2 Å². The fourth-order valence-corrected chi connectivity index (χ4v) is 4.15. The second-order valence-electron chi connectivity index (χ2n) is 8.79. The van der Waals surface area contributed by atoms with Crippen LogP contribution in [-0.2, 0) is 16.1 Å². The van der Waals surface area contributed by atoms with Gasteiger partial charge in [0.2, 0.25) is 5.88 Å². The SMILES string of the molecule is CC(=O)CN1Cc2c(F)cc(N3CC[C@@H](Oc4ccc(OCC5CC5)nc4)C3=O)cc2C1=O. The molecule has 1 aromatic carbocycles. The number of benzene rings is 1. The third-order valence-corrected chi connectivity index (χ3v) is 6.08. The number of halogens is 1. The summed E-state index contributed by atoms with van der Waals surface area (Å²) in [7, 11) is 0. The summed E-state index contributed by atoms with van der Waals surface area (Å²) in [5, 5.41) is 0. The number of carbonyl (C=O) groups excluding carboxylic acids is 3. The maximum atomic E-state index is 14.8. The zero-order valence-corrected chi connectivity index (χ0v) is 18.3. The van der Waals surface area contributed by atoms with Crippen molar-refractivity contribution in [2.24, 2.45) is 5.92 Å². The number of anilines is 1. The molecule has 3 aliphatic rings. The first-order chi connectivity index (χ1) is 15.9. The summed E-state index contributed by atoms with van der Waals surface area (Å²) in [6.07, 6.45) is 3.60. The Morgan fingerprint density at radius 3 is 2.73 bits per heavy atom. The van der Waals surface area contributed by atoms with Gasteiger partial charge in [-0.2, -0.15) is 0 Å². The molecule has 9 heteroatoms. The van der Waals surface area contributed by atoms with Crippen LogP contribution < -0.4 is 14.4 Å². The fraction of sp³-hybridized carbons (Fsp3) is 0.417. The molecule has 2 fully saturated rings. The number of hydrogen-bond acceptors (Lipinski definition) is 6. The van der Waals surface area contributed by atoms with E-state index < -0.39 is 17.8 Å². The lowest BCUT2D eigenvalue weighted by molar-refractivity contribution is -0.123. The van der Waals surface area contributed by atoms with E-state index in [1.807, 2.05) is 0 Å². The number of amides is 2. The molecule has 2 amide bonds. The first kappa shape index (κ1) is 21.4. The van der Waals surface area contributed by atoms with E-state index in [9.17, 15) is 18.8 Å². The number of hydrogen-bond donors (Lipinski definition) is 0. The topological polar surface area (TPSA) is 89.0 Å². The average molecular weight is 453 g/mol. The Hall–Kier alpha value is -3.49. The third-order valence-electron chi connectivity index (χ3n) is 6.08. The molecule has 0 unspecified atom stereocenters. The van der Waals surface area contributed by atoms with Gasteiger partial charge in [-0.1, -0.05) is 0 Å². The van der Waals surface area contributed by atoms with E-state index in [1.165, 1.54) is 47.9 Å². The van der Waals surface area contributed by atoms with Crippen LogP contribution in [0.2, 0.25) is 0 Å². The summed E-state index contributed by atoms with van der Waals surface area (Å²) in [4.78, 5) is 43.9. The second-order valence-corrected chi connectivity index (χ2v) is 8.79. The normalized spacial score (nSPS) is 19.8. The molecule has 0 N–H and O–H groups in total. The van der Waals surface area contributed by atoms with Crippen molar-refractivity contribution in [2.75, 3.05) is 24.6 Å². The van der Waals surface area contributed by atoms with Gasteiger partial charge in [-0.3, -0.25) is 14.4 Å². The lowest BCUT2D eigenvalue weighted by Crippen LogP contribution is -2.32. The highest BCUT2D eigenvalue weighted by Gasteiger charge is 2.37. The molecule has 3 heterocycles. The first-order valence-corrected chi connectivity index (χ1v) is 11.1. The van der Waals surface area contributed by atoms with Crippen molar-refractivity contribution in [3.8, 4) is 11.6 Å². The van der Waals surface area contributed by atoms with Gasteiger partial charge in [0.15, 0.2) is 6.10 Å². The van der Waals surface area contributed by atoms with Crippen molar-refractivity contribution in [3.05, 3.63) is 47.4 Å². The number of Topliss-reactive ketones (excluding diaryl/α,β-unsaturated/α-hetero) is 1. The van der Waals surface area contributed by atoms with Gasteiger partial charge in [0.1, 0.15) is 17.3 Å². The molecule has 5 rings (SSSR count). The Balaban J connectivity index is 1.26. The van der Waals surface area contributed by atoms with Crippen LogP contribution in [0.5, 0.6) is 11.6 Å². The van der Waals surface area contributed by atoms with E-state index in [0.29, 0.717) is 42.8 Å². The molecule has 172 valence electrons. The Bertz CT molecular complexity index is 1120. The number of rotatable bonds is 8. The standard InChI is InChI=1S/C24H24FN3O5/c1-14(29)11-27-12-19-18(23(27)30)8-16(9-20(19)25)28-7-6-21(24(28)31)33-17-4-5-22(26-10-17)32-13-15-2-3-15/h4-5,8-10,15,21H,2-3,6-7,11-13H2,1H3/t21-/m1/s1. The van der Waals surface area contributed by atoms with Crippen molar-refractivity contribution in [3.63, 3.8) is 0 Å². The van der Waals surface area contributed by atoms with E-state index >= 15 is 0 Å². The molecular weight excluding hydrogens is 429 g/mol. The van der Waals surface area contributed by atoms with Crippen molar-refractivity contribution in [2.45, 2.75) is 38.8 Å². The molecule has 0 bridgehead atoms. The minimum absolute atomic E-state index is 0.0485. The second kappa shape index (κ2) is 8.46. The molecule has 8 nitrogen and oxygen atoms in total. The average Bonchev–Trinajstić information content (AvgIpc) is 3.48. The number of aromatic nitrogens is 1. The summed E-state index contributed by atoms with van der Waals surface area (Å²) in [5.41, 5.74) is 0.747. The molecule has 2 aliphatic heterocycles. The summed E-state index contributed by atoms with van der Waals surface area (Å²) in [6.45, 7) is 2.36. The van der Waals surface area contributed by atoms with Crippen LogP contribution >= 0.6 is 0 Å². The van der Waals surface area contributed by atoms with Gasteiger partial charge in [0, 0.05) is 35.8 Å². The molecule has 1 aliphatic carbocycles. The molecule has 33 heavy (non-hydrogen) atoms. The van der Waals surface area contributed by atoms with E-state index in [-0.39, 0.29) is 35.9 Å². The maximum absolute atomic E-state index is 14.8. The summed E-state index contributed by atoms with van der Waals surface area (Å²) < 4.78 is 26.2. The van der Waals surface area contributed by atoms with Crippen molar-refractivity contribution >= 4 is 23.3 Å². The van der Waals surface area contributed by atoms with Gasteiger partial charge in [0.05, 0.1) is 25.9 Å². The maximum Gasteiger partial charge on any atom is 0.268 e. The Labute approximate surface area is 190 Å². The van der Waals surface area contributed by atoms with Crippen LogP contribution in [0.1, 0.15) is 42.1 Å². The van der Waals surface area contributed by atoms with Gasteiger partial charge in [0.25, 0.3) is 11.8 Å². The fourth-order valence-electron chi connectivity index (χ4n) is 4.15. The van der Waals surface area contributed by atoms with Gasteiger partial charge >= 0.3 is 0 Å². The quantitative estimate of drug-likeness (QED) is 0.611. The minimum atomic E-state index is -0.730. The van der Waals surface area contributed by atoms with E-state index in [4.69, 9.17) is 9.47 Å². The minimum Gasteiger partial charge on any atom is -0.479 e. The lowest BCUT2D eigenvalue weighted by atomic mass is 10.1. The predicted octanol–water partition coefficient (Wildman–Crippen LogP) is 2.74. The van der Waals surface area contributed by atoms with Crippen LogP contribution in [0.15, 0.2) is 30.5 Å². The molecule has 1 atom stereocenters. The number of ether oxygens (including phenoxy) is 2. The van der Waals surface area contributed by atoms with E-state index in [0.717, 1.165) is 0 Å². The Morgan fingerprint density at radius 1 is 1.21 bits per heavy atom. The highest BCUT2D eigenvalue weighted by molar-refractivity contribution is 6.03. The van der Waals surface area contributed by atoms with Crippen LogP contribution in [0.25, 0.3) is 0 Å². The van der Waals surface area contributed by atoms with Gasteiger partial charge in [-0.25, -0.2) is 9.37 Å². The smallest absolute Gasteiger partial charge is 0.268 e. The number of fused-ring (bicyclic) bond motifs is 1. The molecule has 1 saturated heterocycles. The molecule has 0 radical (unpaired) electrons. The monoisotopic (exact) mass is 453 g/mol. The molecule has 1 aromatic heterocycles. The van der Waals surface area contributed by atoms with Crippen molar-refractivity contribution in [1.82, 2.24) is 9.88 Å². The zero-order valence-electron chi connectivity index (χ0n) is 18.3. The Morgan fingerprint density at radius 2 is 2.03 bits per heavy atom. The highest BCUT2D eigenvalue weighted by atomic mass is 19.1. The molecule has 0 spiro atoms. The number of ketones is 1. The van der Waals surface area contributed by atoms with E-state index in [2.05, 4.69) is 4.98 Å². The van der Waals surface area contributed by atoms with Gasteiger partial charge in [-0.05, 0) is 43.9 Å². The number of pyridine rings is 1. The van der Waals surface area contributed by atoms with Crippen LogP contribution in [0, 0.1) is 11.7 Å². The van der Waals surface area contributed by atoms with Crippen LogP contribution in [0.4, 0.5) is 10.1 Å².